The molecule has 0 saturated heterocycles. The van der Waals surface area contributed by atoms with Gasteiger partial charge in [-0.15, -0.1) is 6.58 Å². The summed E-state index contributed by atoms with van der Waals surface area (Å²) < 4.78 is 0. The van der Waals surface area contributed by atoms with Gasteiger partial charge in [0, 0.05) is 0 Å². The second-order valence-corrected chi connectivity index (χ2v) is 30.1. The molecule has 0 aliphatic rings. The lowest BCUT2D eigenvalue weighted by atomic mass is 10.0. The molecule has 0 aromatic heterocycles. The Morgan fingerprint density at radius 2 is 0.184 bits per heavy atom. The third kappa shape index (κ3) is 85.7. The molecule has 0 amide bonds. The van der Waals surface area contributed by atoms with E-state index in [4.69, 9.17) is 0 Å². The van der Waals surface area contributed by atoms with Gasteiger partial charge < -0.3 is 0 Å². The SMILES string of the molecule is C=CCCCCCCCCCCCCCCCCCCCCCCCCCCCCCCCCCCCCCCCCCCCCCCCCCCCCCCCCCCCCCCCCCCCCCCCCCCCCCCCCCCCCC. The fourth-order valence-corrected chi connectivity index (χ4v) is 14.7. The number of allylic oxidation sites excluding steroid dienone is 1. The molecule has 0 fully saturated rings. The smallest absolute Gasteiger partial charge is 0.0353 e. The van der Waals surface area contributed by atoms with Crippen LogP contribution in [0.2, 0.25) is 0 Å². The van der Waals surface area contributed by atoms with E-state index in [1.54, 1.807) is 0 Å². The van der Waals surface area contributed by atoms with Crippen molar-refractivity contribution in [1.29, 1.82) is 0 Å². The quantitative estimate of drug-likeness (QED) is 0.0421. The summed E-state index contributed by atoms with van der Waals surface area (Å²) in [6, 6.07) is 0. The van der Waals surface area contributed by atoms with E-state index in [9.17, 15) is 0 Å². The van der Waals surface area contributed by atoms with Gasteiger partial charge in [-0.3, -0.25) is 0 Å². The summed E-state index contributed by atoms with van der Waals surface area (Å²) in [5, 5.41) is 0. The Morgan fingerprint density at radius 3 is 0.253 bits per heavy atom. The third-order valence-corrected chi connectivity index (χ3v) is 21.0. The summed E-state index contributed by atoms with van der Waals surface area (Å²) in [5.74, 6) is 0. The van der Waals surface area contributed by atoms with Crippen LogP contribution >= 0.6 is 0 Å². The van der Waals surface area contributed by atoms with Crippen LogP contribution in [0.1, 0.15) is 546 Å². The number of hydrogen-bond donors (Lipinski definition) is 0. The van der Waals surface area contributed by atoms with Gasteiger partial charge in [-0.25, -0.2) is 0 Å². The van der Waals surface area contributed by atoms with E-state index in [0.717, 1.165) is 0 Å². The normalized spacial score (nSPS) is 11.7. The van der Waals surface area contributed by atoms with Crippen LogP contribution in [0, 0.1) is 0 Å². The number of unbranched alkanes of at least 4 members (excludes halogenated alkanes) is 83. The maximum Gasteiger partial charge on any atom is -0.0353 e. The Morgan fingerprint density at radius 1 is 0.115 bits per heavy atom. The summed E-state index contributed by atoms with van der Waals surface area (Å²) in [6.07, 6.45) is 127. The molecule has 0 aromatic carbocycles. The van der Waals surface area contributed by atoms with Crippen molar-refractivity contribution < 1.29 is 0 Å². The maximum absolute atomic E-state index is 3.83. The zero-order valence-corrected chi connectivity index (χ0v) is 61.7. The molecular weight excluding hydrogens is 1040 g/mol. The first-order valence-electron chi connectivity index (χ1n) is 43.0. The van der Waals surface area contributed by atoms with Crippen molar-refractivity contribution >= 4 is 0 Å². The van der Waals surface area contributed by atoms with Crippen molar-refractivity contribution in [2.45, 2.75) is 546 Å². The lowest BCUT2D eigenvalue weighted by Crippen LogP contribution is -1.85. The molecule has 0 N–H and O–H groups in total. The van der Waals surface area contributed by atoms with E-state index in [-0.39, 0.29) is 0 Å². The van der Waals surface area contributed by atoms with E-state index in [1.165, 1.54) is 539 Å². The Kier molecular flexibility index (Phi) is 85.5. The molecule has 0 unspecified atom stereocenters. The molecule has 87 heavy (non-hydrogen) atoms. The lowest BCUT2D eigenvalue weighted by molar-refractivity contribution is 0.505. The van der Waals surface area contributed by atoms with Gasteiger partial charge in [-0.2, -0.15) is 0 Å². The minimum Gasteiger partial charge on any atom is -0.103 e. The van der Waals surface area contributed by atoms with Crippen molar-refractivity contribution in [3.63, 3.8) is 0 Å². The molecule has 0 aliphatic carbocycles. The topological polar surface area (TPSA) is 0 Å². The molecule has 0 aromatic rings. The summed E-state index contributed by atoms with van der Waals surface area (Å²) in [6.45, 7) is 6.14. The Hall–Kier alpha value is -0.260. The minimum absolute atomic E-state index is 1.21. The highest BCUT2D eigenvalue weighted by molar-refractivity contribution is 4.65. The Balaban J connectivity index is 3.08. The van der Waals surface area contributed by atoms with Crippen LogP contribution in [0.4, 0.5) is 0 Å². The Labute approximate surface area is 555 Å². The molecule has 0 radical (unpaired) electrons. The highest BCUT2D eigenvalue weighted by Gasteiger charge is 2.02. The first kappa shape index (κ1) is 86.7. The second-order valence-electron chi connectivity index (χ2n) is 30.1. The summed E-state index contributed by atoms with van der Waals surface area (Å²) in [7, 11) is 0. The van der Waals surface area contributed by atoms with E-state index < -0.39 is 0 Å². The van der Waals surface area contributed by atoms with Crippen LogP contribution in [0.3, 0.4) is 0 Å². The fraction of sp³-hybridized carbons (Fsp3) is 0.977. The van der Waals surface area contributed by atoms with Gasteiger partial charge in [0.05, 0.1) is 0 Å². The lowest BCUT2D eigenvalue weighted by Gasteiger charge is -2.05. The predicted molar refractivity (Wildman–Crippen MR) is 404 cm³/mol. The van der Waals surface area contributed by atoms with Crippen molar-refractivity contribution in [1.82, 2.24) is 0 Å². The zero-order valence-electron chi connectivity index (χ0n) is 61.7. The first-order chi connectivity index (χ1) is 43.4. The molecule has 522 valence electrons. The molecule has 0 heterocycles. The van der Waals surface area contributed by atoms with Crippen molar-refractivity contribution in [2.24, 2.45) is 0 Å². The Bertz CT molecular complexity index is 1120. The summed E-state index contributed by atoms with van der Waals surface area (Å²) in [5.41, 5.74) is 0. The van der Waals surface area contributed by atoms with Crippen LogP contribution in [0.25, 0.3) is 0 Å². The van der Waals surface area contributed by atoms with Crippen molar-refractivity contribution in [3.05, 3.63) is 12.7 Å². The average Bonchev–Trinajstić information content (AvgIpc) is 3.53. The van der Waals surface area contributed by atoms with E-state index in [1.807, 2.05) is 0 Å². The first-order valence-corrected chi connectivity index (χ1v) is 43.0. The average molecular weight is 1220 g/mol. The largest absolute Gasteiger partial charge is 0.103 e. The second kappa shape index (κ2) is 85.7. The van der Waals surface area contributed by atoms with Crippen LogP contribution in [0.15, 0.2) is 12.7 Å². The molecule has 0 heteroatoms. The minimum atomic E-state index is 1.21. The molecule has 0 atom stereocenters. The molecule has 0 bridgehead atoms. The van der Waals surface area contributed by atoms with Crippen LogP contribution in [0.5, 0.6) is 0 Å². The molecule has 0 nitrogen and oxygen atoms in total. The molecule has 0 saturated carbocycles. The highest BCUT2D eigenvalue weighted by atomic mass is 14.1. The number of rotatable bonds is 84. The molecule has 0 rings (SSSR count). The van der Waals surface area contributed by atoms with Crippen LogP contribution < -0.4 is 0 Å². The number of hydrogen-bond acceptors (Lipinski definition) is 0. The maximum atomic E-state index is 3.83. The van der Waals surface area contributed by atoms with E-state index in [0.29, 0.717) is 0 Å². The monoisotopic (exact) mass is 1220 g/mol. The highest BCUT2D eigenvalue weighted by Crippen LogP contribution is 2.22. The van der Waals surface area contributed by atoms with Gasteiger partial charge in [0.25, 0.3) is 0 Å². The molecular formula is C87H174. The van der Waals surface area contributed by atoms with Crippen molar-refractivity contribution in [3.8, 4) is 0 Å². The third-order valence-electron chi connectivity index (χ3n) is 21.0. The van der Waals surface area contributed by atoms with Crippen LogP contribution in [-0.4, -0.2) is 0 Å². The predicted octanol–water partition coefficient (Wildman–Crippen LogP) is 34.0. The van der Waals surface area contributed by atoms with Gasteiger partial charge in [0.2, 0.25) is 0 Å². The standard InChI is InChI=1S/C87H174/c1-3-5-7-9-11-13-15-17-19-21-23-25-27-29-31-33-35-37-39-41-43-45-47-49-51-53-55-57-59-61-63-65-67-69-71-73-75-77-79-81-83-85-87-86-84-82-80-78-76-74-72-70-68-66-64-62-60-58-56-54-52-50-48-46-44-42-40-38-36-34-32-30-28-26-24-22-20-18-16-14-12-10-8-6-4-2/h3H,1,4-87H2,2H3. The molecule has 0 spiro atoms. The zero-order chi connectivity index (χ0) is 62.1. The van der Waals surface area contributed by atoms with Gasteiger partial charge in [-0.1, -0.05) is 540 Å². The van der Waals surface area contributed by atoms with Gasteiger partial charge in [0.1, 0.15) is 0 Å². The van der Waals surface area contributed by atoms with E-state index >= 15 is 0 Å². The summed E-state index contributed by atoms with van der Waals surface area (Å²) >= 11 is 0. The van der Waals surface area contributed by atoms with Gasteiger partial charge >= 0.3 is 0 Å². The summed E-state index contributed by atoms with van der Waals surface area (Å²) in [4.78, 5) is 0. The van der Waals surface area contributed by atoms with Gasteiger partial charge in [-0.05, 0) is 12.8 Å². The molecule has 0 aliphatic heterocycles. The van der Waals surface area contributed by atoms with Crippen LogP contribution in [-0.2, 0) is 0 Å². The fourth-order valence-electron chi connectivity index (χ4n) is 14.7. The van der Waals surface area contributed by atoms with E-state index in [2.05, 4.69) is 19.6 Å². The van der Waals surface area contributed by atoms with Crippen molar-refractivity contribution in [2.75, 3.05) is 0 Å². The van der Waals surface area contributed by atoms with Gasteiger partial charge in [0.15, 0.2) is 0 Å².